The Bertz CT molecular complexity index is 621. The highest BCUT2D eigenvalue weighted by Gasteiger charge is 2.36. The van der Waals surface area contributed by atoms with E-state index in [1.807, 2.05) is 18.2 Å². The number of hydrogen-bond donors (Lipinski definition) is 1. The predicted molar refractivity (Wildman–Crippen MR) is 78.8 cm³/mol. The van der Waals surface area contributed by atoms with Gasteiger partial charge >= 0.3 is 0 Å². The second-order valence-electron chi connectivity index (χ2n) is 5.26. The number of rotatable bonds is 3. The maximum absolute atomic E-state index is 5.45. The summed E-state index contributed by atoms with van der Waals surface area (Å²) in [6.07, 6.45) is 1.01. The molecule has 6 heteroatoms. The van der Waals surface area contributed by atoms with Crippen molar-refractivity contribution in [2.24, 2.45) is 0 Å². The minimum Gasteiger partial charge on any atom is -0.496 e. The molecule has 1 saturated heterocycles. The smallest absolute Gasteiger partial charge is 0.234 e. The van der Waals surface area contributed by atoms with Gasteiger partial charge in [-0.2, -0.15) is 4.98 Å². The average molecular weight is 338 g/mol. The summed E-state index contributed by atoms with van der Waals surface area (Å²) in [6, 6.07) is 5.74. The van der Waals surface area contributed by atoms with E-state index < -0.39 is 0 Å². The molecule has 0 radical (unpaired) electrons. The van der Waals surface area contributed by atoms with Crippen molar-refractivity contribution in [2.45, 2.75) is 18.8 Å². The number of methoxy groups -OCH3 is 1. The summed E-state index contributed by atoms with van der Waals surface area (Å²) in [5, 5.41) is 7.43. The van der Waals surface area contributed by atoms with Gasteiger partial charge in [0.1, 0.15) is 5.75 Å². The van der Waals surface area contributed by atoms with E-state index in [2.05, 4.69) is 38.3 Å². The summed E-state index contributed by atoms with van der Waals surface area (Å²) in [5.74, 6) is 2.09. The Labute approximate surface area is 125 Å². The number of nitrogens with zero attached hydrogens (tertiary/aromatic N) is 2. The van der Waals surface area contributed by atoms with Crippen molar-refractivity contribution < 1.29 is 9.26 Å². The molecular weight excluding hydrogens is 322 g/mol. The molecule has 1 fully saturated rings. The van der Waals surface area contributed by atoms with Crippen LogP contribution >= 0.6 is 15.9 Å². The van der Waals surface area contributed by atoms with Gasteiger partial charge in [0, 0.05) is 12.1 Å². The molecule has 1 aliphatic heterocycles. The second-order valence-corrected chi connectivity index (χ2v) is 6.11. The number of nitrogens with one attached hydrogen (secondary N) is 1. The van der Waals surface area contributed by atoms with Crippen LogP contribution in [0, 0.1) is 0 Å². The van der Waals surface area contributed by atoms with Crippen molar-refractivity contribution in [3.8, 4) is 17.1 Å². The SMILES string of the molecule is COc1ccc(-c2noc(C3(C)CCNC3)n2)cc1Br. The van der Waals surface area contributed by atoms with Gasteiger partial charge in [0.2, 0.25) is 11.7 Å². The molecule has 2 heterocycles. The Hall–Kier alpha value is -1.40. The Kier molecular flexibility index (Phi) is 3.52. The molecule has 1 atom stereocenters. The average Bonchev–Trinajstić information content (AvgIpc) is 3.08. The zero-order chi connectivity index (χ0) is 14.2. The molecule has 1 N–H and O–H groups in total. The molecular formula is C14H16BrN3O2. The lowest BCUT2D eigenvalue weighted by molar-refractivity contribution is 0.306. The molecule has 0 aliphatic carbocycles. The summed E-state index contributed by atoms with van der Waals surface area (Å²) in [5.41, 5.74) is 0.844. The number of ether oxygens (including phenoxy) is 1. The lowest BCUT2D eigenvalue weighted by Gasteiger charge is -2.15. The van der Waals surface area contributed by atoms with Crippen LogP contribution in [0.3, 0.4) is 0 Å². The van der Waals surface area contributed by atoms with Gasteiger partial charge in [0.05, 0.1) is 17.0 Å². The Balaban J connectivity index is 1.92. The lowest BCUT2D eigenvalue weighted by Crippen LogP contribution is -2.25. The van der Waals surface area contributed by atoms with Crippen molar-refractivity contribution in [3.05, 3.63) is 28.6 Å². The largest absolute Gasteiger partial charge is 0.496 e. The molecule has 1 aromatic carbocycles. The molecule has 3 rings (SSSR count). The van der Waals surface area contributed by atoms with Crippen LogP contribution in [-0.4, -0.2) is 30.3 Å². The predicted octanol–water partition coefficient (Wildman–Crippen LogP) is 2.76. The van der Waals surface area contributed by atoms with Crippen molar-refractivity contribution in [1.82, 2.24) is 15.5 Å². The minimum atomic E-state index is -0.0606. The number of hydrogen-bond acceptors (Lipinski definition) is 5. The van der Waals surface area contributed by atoms with Gasteiger partial charge in [-0.3, -0.25) is 0 Å². The third-order valence-electron chi connectivity index (χ3n) is 3.72. The molecule has 1 aromatic heterocycles. The maximum atomic E-state index is 5.45. The summed E-state index contributed by atoms with van der Waals surface area (Å²) in [6.45, 7) is 4.01. The van der Waals surface area contributed by atoms with Gasteiger partial charge < -0.3 is 14.6 Å². The van der Waals surface area contributed by atoms with Crippen LogP contribution in [0.2, 0.25) is 0 Å². The van der Waals surface area contributed by atoms with E-state index in [0.29, 0.717) is 11.7 Å². The quantitative estimate of drug-likeness (QED) is 0.933. The standard InChI is InChI=1S/C14H16BrN3O2/c1-14(5-6-16-8-14)13-17-12(18-20-13)9-3-4-11(19-2)10(15)7-9/h3-4,7,16H,5-6,8H2,1-2H3. The number of benzene rings is 1. The summed E-state index contributed by atoms with van der Waals surface area (Å²) in [7, 11) is 1.64. The molecule has 106 valence electrons. The summed E-state index contributed by atoms with van der Waals surface area (Å²) in [4.78, 5) is 4.55. The Morgan fingerprint density at radius 2 is 2.30 bits per heavy atom. The molecule has 1 unspecified atom stereocenters. The zero-order valence-corrected chi connectivity index (χ0v) is 13.0. The molecule has 20 heavy (non-hydrogen) atoms. The van der Waals surface area contributed by atoms with Crippen molar-refractivity contribution in [1.29, 1.82) is 0 Å². The zero-order valence-electron chi connectivity index (χ0n) is 11.4. The second kappa shape index (κ2) is 5.18. The van der Waals surface area contributed by atoms with E-state index >= 15 is 0 Å². The van der Waals surface area contributed by atoms with Crippen LogP contribution in [0.15, 0.2) is 27.2 Å². The minimum absolute atomic E-state index is 0.0606. The van der Waals surface area contributed by atoms with E-state index in [1.165, 1.54) is 0 Å². The topological polar surface area (TPSA) is 60.2 Å². The van der Waals surface area contributed by atoms with E-state index in [-0.39, 0.29) is 5.41 Å². The van der Waals surface area contributed by atoms with E-state index in [4.69, 9.17) is 9.26 Å². The number of aromatic nitrogens is 2. The first kappa shape index (κ1) is 13.6. The fourth-order valence-corrected chi connectivity index (χ4v) is 2.93. The van der Waals surface area contributed by atoms with Gasteiger partial charge in [0.15, 0.2) is 0 Å². The highest BCUT2D eigenvalue weighted by Crippen LogP contribution is 2.32. The molecule has 1 aliphatic rings. The van der Waals surface area contributed by atoms with Crippen molar-refractivity contribution >= 4 is 15.9 Å². The van der Waals surface area contributed by atoms with E-state index in [9.17, 15) is 0 Å². The molecule has 0 bridgehead atoms. The normalized spacial score (nSPS) is 22.1. The number of halogens is 1. The third-order valence-corrected chi connectivity index (χ3v) is 4.34. The van der Waals surface area contributed by atoms with Crippen LogP contribution in [-0.2, 0) is 5.41 Å². The van der Waals surface area contributed by atoms with Crippen LogP contribution in [0.5, 0.6) is 5.75 Å². The fraction of sp³-hybridized carbons (Fsp3) is 0.429. The molecule has 0 amide bonds. The molecule has 0 saturated carbocycles. The molecule has 2 aromatic rings. The van der Waals surface area contributed by atoms with E-state index in [0.717, 1.165) is 35.3 Å². The Morgan fingerprint density at radius 3 is 2.95 bits per heavy atom. The monoisotopic (exact) mass is 337 g/mol. The van der Waals surface area contributed by atoms with Gasteiger partial charge in [-0.1, -0.05) is 5.16 Å². The molecule has 0 spiro atoms. The lowest BCUT2D eigenvalue weighted by atomic mass is 9.90. The first-order chi connectivity index (χ1) is 9.62. The van der Waals surface area contributed by atoms with Gasteiger partial charge in [-0.05, 0) is 54.0 Å². The highest BCUT2D eigenvalue weighted by molar-refractivity contribution is 9.10. The highest BCUT2D eigenvalue weighted by atomic mass is 79.9. The van der Waals surface area contributed by atoms with Gasteiger partial charge in [0.25, 0.3) is 0 Å². The van der Waals surface area contributed by atoms with Crippen LogP contribution in [0.4, 0.5) is 0 Å². The fourth-order valence-electron chi connectivity index (χ4n) is 2.39. The van der Waals surface area contributed by atoms with Crippen LogP contribution in [0.25, 0.3) is 11.4 Å². The van der Waals surface area contributed by atoms with E-state index in [1.54, 1.807) is 7.11 Å². The van der Waals surface area contributed by atoms with Crippen LogP contribution in [0.1, 0.15) is 19.2 Å². The first-order valence-corrected chi connectivity index (χ1v) is 7.30. The summed E-state index contributed by atoms with van der Waals surface area (Å²) >= 11 is 3.47. The van der Waals surface area contributed by atoms with Crippen LogP contribution < -0.4 is 10.1 Å². The Morgan fingerprint density at radius 1 is 1.45 bits per heavy atom. The van der Waals surface area contributed by atoms with Crippen molar-refractivity contribution in [2.75, 3.05) is 20.2 Å². The molecule has 5 nitrogen and oxygen atoms in total. The van der Waals surface area contributed by atoms with Gasteiger partial charge in [-0.15, -0.1) is 0 Å². The maximum Gasteiger partial charge on any atom is 0.234 e. The first-order valence-electron chi connectivity index (χ1n) is 6.51. The van der Waals surface area contributed by atoms with Crippen molar-refractivity contribution in [3.63, 3.8) is 0 Å². The summed E-state index contributed by atoms with van der Waals surface area (Å²) < 4.78 is 11.5. The van der Waals surface area contributed by atoms with Gasteiger partial charge in [-0.25, -0.2) is 0 Å². The third kappa shape index (κ3) is 2.33.